The highest BCUT2D eigenvalue weighted by Gasteiger charge is 2.10. The van der Waals surface area contributed by atoms with E-state index in [0.717, 1.165) is 22.0 Å². The molecule has 2 N–H and O–H groups in total. The molecule has 4 heteroatoms. The minimum atomic E-state index is -0.0349. The Labute approximate surface area is 124 Å². The van der Waals surface area contributed by atoms with Crippen LogP contribution in [-0.4, -0.2) is 4.98 Å². The number of nitrogens with two attached hydrogens (primary N) is 1. The van der Waals surface area contributed by atoms with Crippen molar-refractivity contribution in [3.05, 3.63) is 45.4 Å². The van der Waals surface area contributed by atoms with Crippen LogP contribution in [0.3, 0.4) is 0 Å². The molecule has 0 aliphatic rings. The molecule has 0 spiro atoms. The fourth-order valence-corrected chi connectivity index (χ4v) is 2.77. The first-order valence-electron chi connectivity index (χ1n) is 6.90. The van der Waals surface area contributed by atoms with Gasteiger partial charge in [-0.2, -0.15) is 0 Å². The SMILES string of the molecule is Cc1ccc([C@@H](C)N)c(OCc2csc(C(C)C)n2)c1. The van der Waals surface area contributed by atoms with Crippen molar-refractivity contribution in [2.75, 3.05) is 0 Å². The molecular weight excluding hydrogens is 268 g/mol. The van der Waals surface area contributed by atoms with E-state index in [1.165, 1.54) is 5.56 Å². The molecule has 108 valence electrons. The molecule has 3 nitrogen and oxygen atoms in total. The Morgan fingerprint density at radius 3 is 2.65 bits per heavy atom. The zero-order valence-electron chi connectivity index (χ0n) is 12.5. The molecule has 0 radical (unpaired) electrons. The first kappa shape index (κ1) is 15.0. The Morgan fingerprint density at radius 1 is 1.30 bits per heavy atom. The summed E-state index contributed by atoms with van der Waals surface area (Å²) >= 11 is 1.69. The lowest BCUT2D eigenvalue weighted by molar-refractivity contribution is 0.297. The van der Waals surface area contributed by atoms with Crippen molar-refractivity contribution in [1.82, 2.24) is 4.98 Å². The molecule has 0 saturated carbocycles. The average Bonchev–Trinajstić information content (AvgIpc) is 2.85. The van der Waals surface area contributed by atoms with E-state index in [0.29, 0.717) is 12.5 Å². The minimum Gasteiger partial charge on any atom is -0.487 e. The summed E-state index contributed by atoms with van der Waals surface area (Å²) < 4.78 is 5.92. The highest BCUT2D eigenvalue weighted by Crippen LogP contribution is 2.26. The van der Waals surface area contributed by atoms with Gasteiger partial charge in [0, 0.05) is 22.9 Å². The summed E-state index contributed by atoms with van der Waals surface area (Å²) in [6.07, 6.45) is 0. The van der Waals surface area contributed by atoms with Crippen molar-refractivity contribution in [2.45, 2.75) is 46.3 Å². The van der Waals surface area contributed by atoms with E-state index in [-0.39, 0.29) is 6.04 Å². The van der Waals surface area contributed by atoms with Crippen LogP contribution in [0.2, 0.25) is 0 Å². The normalized spacial score (nSPS) is 12.7. The molecule has 1 atom stereocenters. The summed E-state index contributed by atoms with van der Waals surface area (Å²) in [5.74, 6) is 1.33. The van der Waals surface area contributed by atoms with Crippen LogP contribution in [-0.2, 0) is 6.61 Å². The minimum absolute atomic E-state index is 0.0349. The molecule has 0 bridgehead atoms. The first-order valence-corrected chi connectivity index (χ1v) is 7.78. The van der Waals surface area contributed by atoms with Crippen molar-refractivity contribution in [3.63, 3.8) is 0 Å². The Hall–Kier alpha value is -1.39. The fraction of sp³-hybridized carbons (Fsp3) is 0.438. The molecule has 2 rings (SSSR count). The van der Waals surface area contributed by atoms with E-state index < -0.39 is 0 Å². The summed E-state index contributed by atoms with van der Waals surface area (Å²) in [5, 5.41) is 3.22. The van der Waals surface area contributed by atoms with Crippen LogP contribution >= 0.6 is 11.3 Å². The number of hydrogen-bond donors (Lipinski definition) is 1. The number of ether oxygens (including phenoxy) is 1. The van der Waals surface area contributed by atoms with E-state index >= 15 is 0 Å². The van der Waals surface area contributed by atoms with Crippen LogP contribution in [0.25, 0.3) is 0 Å². The molecule has 0 amide bonds. The zero-order valence-corrected chi connectivity index (χ0v) is 13.3. The van der Waals surface area contributed by atoms with Crippen molar-refractivity contribution in [2.24, 2.45) is 5.73 Å². The number of nitrogens with zero attached hydrogens (tertiary/aromatic N) is 1. The Balaban J connectivity index is 2.11. The number of thiazole rings is 1. The average molecular weight is 290 g/mol. The van der Waals surface area contributed by atoms with Gasteiger partial charge in [0.15, 0.2) is 0 Å². The maximum Gasteiger partial charge on any atom is 0.131 e. The van der Waals surface area contributed by atoms with Gasteiger partial charge in [0.2, 0.25) is 0 Å². The van der Waals surface area contributed by atoms with Crippen molar-refractivity contribution in [3.8, 4) is 5.75 Å². The van der Waals surface area contributed by atoms with Crippen LogP contribution in [0.1, 0.15) is 54.6 Å². The molecular formula is C16H22N2OS. The molecule has 20 heavy (non-hydrogen) atoms. The molecule has 2 aromatic rings. The molecule has 0 saturated heterocycles. The maximum atomic E-state index is 5.98. The van der Waals surface area contributed by atoms with E-state index in [2.05, 4.69) is 37.2 Å². The van der Waals surface area contributed by atoms with E-state index in [1.807, 2.05) is 19.1 Å². The fourth-order valence-electron chi connectivity index (χ4n) is 1.95. The lowest BCUT2D eigenvalue weighted by Gasteiger charge is -2.14. The third-order valence-electron chi connectivity index (χ3n) is 3.10. The quantitative estimate of drug-likeness (QED) is 0.899. The highest BCUT2D eigenvalue weighted by molar-refractivity contribution is 7.09. The molecule has 1 aromatic carbocycles. The lowest BCUT2D eigenvalue weighted by Crippen LogP contribution is -2.08. The van der Waals surface area contributed by atoms with Crippen LogP contribution in [0.15, 0.2) is 23.6 Å². The topological polar surface area (TPSA) is 48.1 Å². The van der Waals surface area contributed by atoms with Gasteiger partial charge in [0.25, 0.3) is 0 Å². The highest BCUT2D eigenvalue weighted by atomic mass is 32.1. The Kier molecular flexibility index (Phi) is 4.78. The predicted molar refractivity (Wildman–Crippen MR) is 84.3 cm³/mol. The van der Waals surface area contributed by atoms with Crippen LogP contribution in [0, 0.1) is 6.92 Å². The second-order valence-electron chi connectivity index (χ2n) is 5.45. The van der Waals surface area contributed by atoms with Gasteiger partial charge in [-0.25, -0.2) is 4.98 Å². The smallest absolute Gasteiger partial charge is 0.131 e. The lowest BCUT2D eigenvalue weighted by atomic mass is 10.1. The number of aromatic nitrogens is 1. The van der Waals surface area contributed by atoms with Crippen molar-refractivity contribution >= 4 is 11.3 Å². The zero-order chi connectivity index (χ0) is 14.7. The Morgan fingerprint density at radius 2 is 2.05 bits per heavy atom. The summed E-state index contributed by atoms with van der Waals surface area (Å²) in [5.41, 5.74) is 9.17. The molecule has 1 aromatic heterocycles. The van der Waals surface area contributed by atoms with Gasteiger partial charge in [0.1, 0.15) is 12.4 Å². The van der Waals surface area contributed by atoms with Crippen LogP contribution in [0.5, 0.6) is 5.75 Å². The van der Waals surface area contributed by atoms with Gasteiger partial charge in [-0.3, -0.25) is 0 Å². The van der Waals surface area contributed by atoms with Gasteiger partial charge in [0.05, 0.1) is 10.7 Å². The molecule has 1 heterocycles. The summed E-state index contributed by atoms with van der Waals surface area (Å²) in [7, 11) is 0. The second kappa shape index (κ2) is 6.37. The number of aryl methyl sites for hydroxylation is 1. The summed E-state index contributed by atoms with van der Waals surface area (Å²) in [4.78, 5) is 4.58. The van der Waals surface area contributed by atoms with Gasteiger partial charge >= 0.3 is 0 Å². The second-order valence-corrected chi connectivity index (χ2v) is 6.34. The number of rotatable bonds is 5. The number of benzene rings is 1. The third kappa shape index (κ3) is 3.58. The Bertz CT molecular complexity index is 576. The van der Waals surface area contributed by atoms with E-state index in [1.54, 1.807) is 11.3 Å². The third-order valence-corrected chi connectivity index (χ3v) is 4.29. The predicted octanol–water partition coefficient (Wildman–Crippen LogP) is 4.17. The summed E-state index contributed by atoms with van der Waals surface area (Å²) in [6.45, 7) is 8.82. The number of hydrogen-bond acceptors (Lipinski definition) is 4. The molecule has 0 aliphatic heterocycles. The maximum absolute atomic E-state index is 5.98. The standard InChI is InChI=1S/C16H22N2OS/c1-10(2)16-18-13(9-20-16)8-19-15-7-11(3)5-6-14(15)12(4)17/h5-7,9-10,12H,8,17H2,1-4H3/t12-/m1/s1. The van der Waals surface area contributed by atoms with Crippen LogP contribution in [0.4, 0.5) is 0 Å². The molecule has 0 fully saturated rings. The summed E-state index contributed by atoms with van der Waals surface area (Å²) in [6, 6.07) is 6.10. The van der Waals surface area contributed by atoms with Gasteiger partial charge in [-0.05, 0) is 25.5 Å². The van der Waals surface area contributed by atoms with Crippen molar-refractivity contribution in [1.29, 1.82) is 0 Å². The van der Waals surface area contributed by atoms with Gasteiger partial charge in [-0.15, -0.1) is 11.3 Å². The van der Waals surface area contributed by atoms with E-state index in [9.17, 15) is 0 Å². The monoisotopic (exact) mass is 290 g/mol. The molecule has 0 unspecified atom stereocenters. The van der Waals surface area contributed by atoms with Gasteiger partial charge < -0.3 is 10.5 Å². The largest absolute Gasteiger partial charge is 0.487 e. The first-order chi connectivity index (χ1) is 9.47. The molecule has 0 aliphatic carbocycles. The van der Waals surface area contributed by atoms with Crippen molar-refractivity contribution < 1.29 is 4.74 Å². The van der Waals surface area contributed by atoms with Gasteiger partial charge in [-0.1, -0.05) is 26.0 Å². The van der Waals surface area contributed by atoms with E-state index in [4.69, 9.17) is 10.5 Å². The van der Waals surface area contributed by atoms with Crippen LogP contribution < -0.4 is 10.5 Å².